The maximum absolute atomic E-state index is 10.9. The van der Waals surface area contributed by atoms with Gasteiger partial charge < -0.3 is 15.4 Å². The van der Waals surface area contributed by atoms with Crippen molar-refractivity contribution >= 4 is 18.7 Å². The number of carbonyl (C=O) groups excluding carboxylic acids is 1. The van der Waals surface area contributed by atoms with Gasteiger partial charge in [0.1, 0.15) is 0 Å². The first-order chi connectivity index (χ1) is 5.74. The van der Waals surface area contributed by atoms with Gasteiger partial charge in [-0.1, -0.05) is 12.8 Å². The fourth-order valence-electron chi connectivity index (χ4n) is 0.803. The molecule has 4 N–H and O–H groups in total. The molecule has 6 heteroatoms. The Kier molecular flexibility index (Phi) is 3.12. The number of nitrogens with zero attached hydrogens (tertiary/aromatic N) is 1. The zero-order valence-electron chi connectivity index (χ0n) is 6.32. The van der Waals surface area contributed by atoms with Crippen LogP contribution in [0.2, 0.25) is 0 Å². The van der Waals surface area contributed by atoms with E-state index < -0.39 is 6.04 Å². The van der Waals surface area contributed by atoms with Crippen LogP contribution in [0.25, 0.3) is 0 Å². The van der Waals surface area contributed by atoms with E-state index in [4.69, 9.17) is 5.73 Å². The highest BCUT2D eigenvalue weighted by Crippen LogP contribution is 1.96. The summed E-state index contributed by atoms with van der Waals surface area (Å²) in [4.78, 5) is 17.6. The smallest absolute Gasteiger partial charge is 0.246 e. The van der Waals surface area contributed by atoms with Gasteiger partial charge in [-0.05, 0) is 0 Å². The largest absolute Gasteiger partial charge is 0.351 e. The predicted octanol–water partition coefficient (Wildman–Crippen LogP) is -0.760. The van der Waals surface area contributed by atoms with Crippen molar-refractivity contribution in [2.75, 3.05) is 0 Å². The summed E-state index contributed by atoms with van der Waals surface area (Å²) in [6.07, 6.45) is 3.65. The maximum atomic E-state index is 10.9. The third-order valence-electron chi connectivity index (χ3n) is 1.43. The molecule has 0 radical (unpaired) electrons. The number of hydrogen-bond acceptors (Lipinski definition) is 4. The molecule has 1 atom stereocenters. The quantitative estimate of drug-likeness (QED) is 0.468. The van der Waals surface area contributed by atoms with E-state index in [-0.39, 0.29) is 5.91 Å². The number of aromatic nitrogens is 2. The highest BCUT2D eigenvalue weighted by atomic mass is 32.1. The minimum atomic E-state index is -0.592. The van der Waals surface area contributed by atoms with E-state index in [0.717, 1.165) is 5.69 Å². The summed E-state index contributed by atoms with van der Waals surface area (Å²) in [5.41, 5.74) is 6.27. The Balaban J connectivity index is 2.47. The number of carbonyl (C=O) groups is 1. The van der Waals surface area contributed by atoms with Crippen LogP contribution in [0.4, 0.5) is 0 Å². The van der Waals surface area contributed by atoms with Gasteiger partial charge in [0.05, 0.1) is 18.1 Å². The summed E-state index contributed by atoms with van der Waals surface area (Å²) < 4.78 is 2.17. The molecule has 12 heavy (non-hydrogen) atoms. The summed E-state index contributed by atoms with van der Waals surface area (Å²) in [7, 11) is 0. The zero-order chi connectivity index (χ0) is 8.97. The van der Waals surface area contributed by atoms with E-state index in [1.165, 1.54) is 0 Å². The molecular formula is C6H10N4OS. The predicted molar refractivity (Wildman–Crippen MR) is 47.4 cm³/mol. The topological polar surface area (TPSA) is 83.8 Å². The Morgan fingerprint density at radius 1 is 1.92 bits per heavy atom. The van der Waals surface area contributed by atoms with Crippen LogP contribution in [0.15, 0.2) is 12.5 Å². The fourth-order valence-corrected chi connectivity index (χ4v) is 0.969. The second-order valence-electron chi connectivity index (χ2n) is 2.35. The lowest BCUT2D eigenvalue weighted by atomic mass is 10.2. The van der Waals surface area contributed by atoms with Crippen LogP contribution in [0.5, 0.6) is 0 Å². The lowest BCUT2D eigenvalue weighted by Crippen LogP contribution is -2.38. The summed E-state index contributed by atoms with van der Waals surface area (Å²) in [5.74, 6) is -0.304. The van der Waals surface area contributed by atoms with E-state index in [1.54, 1.807) is 12.5 Å². The van der Waals surface area contributed by atoms with E-state index in [2.05, 4.69) is 27.5 Å². The summed E-state index contributed by atoms with van der Waals surface area (Å²) in [6, 6.07) is -0.592. The SMILES string of the molecule is N[C@@H](Cc1c[nH]cn1)C(=O)NS. The lowest BCUT2D eigenvalue weighted by Gasteiger charge is -2.06. The molecule has 0 aromatic carbocycles. The Morgan fingerprint density at radius 3 is 3.17 bits per heavy atom. The van der Waals surface area contributed by atoms with Crippen LogP contribution < -0.4 is 10.5 Å². The van der Waals surface area contributed by atoms with Crippen molar-refractivity contribution in [1.29, 1.82) is 0 Å². The molecule has 0 bridgehead atoms. The zero-order valence-corrected chi connectivity index (χ0v) is 7.21. The minimum absolute atomic E-state index is 0.304. The number of rotatable bonds is 3. The van der Waals surface area contributed by atoms with Crippen molar-refractivity contribution in [3.63, 3.8) is 0 Å². The molecule has 1 heterocycles. The minimum Gasteiger partial charge on any atom is -0.351 e. The lowest BCUT2D eigenvalue weighted by molar-refractivity contribution is -0.120. The van der Waals surface area contributed by atoms with Gasteiger partial charge in [-0.2, -0.15) is 0 Å². The average Bonchev–Trinajstić information content (AvgIpc) is 2.55. The first kappa shape index (κ1) is 9.08. The highest BCUT2D eigenvalue weighted by molar-refractivity contribution is 7.78. The van der Waals surface area contributed by atoms with Crippen LogP contribution in [0.1, 0.15) is 5.69 Å². The number of imidazole rings is 1. The number of aromatic amines is 1. The Bertz CT molecular complexity index is 248. The van der Waals surface area contributed by atoms with E-state index >= 15 is 0 Å². The summed E-state index contributed by atoms with van der Waals surface area (Å²) in [5, 5.41) is 0. The number of nitrogens with one attached hydrogen (secondary N) is 2. The van der Waals surface area contributed by atoms with Gasteiger partial charge >= 0.3 is 0 Å². The Morgan fingerprint density at radius 2 is 2.67 bits per heavy atom. The number of thiol groups is 1. The van der Waals surface area contributed by atoms with Gasteiger partial charge in [0.15, 0.2) is 0 Å². The van der Waals surface area contributed by atoms with E-state index in [0.29, 0.717) is 6.42 Å². The summed E-state index contributed by atoms with van der Waals surface area (Å²) in [6.45, 7) is 0. The average molecular weight is 186 g/mol. The van der Waals surface area contributed by atoms with E-state index in [9.17, 15) is 4.79 Å². The number of hydrogen-bond donors (Lipinski definition) is 4. The number of nitrogens with two attached hydrogens (primary N) is 1. The van der Waals surface area contributed by atoms with E-state index in [1.807, 2.05) is 0 Å². The van der Waals surface area contributed by atoms with Gasteiger partial charge in [-0.25, -0.2) is 4.98 Å². The normalized spacial score (nSPS) is 12.5. The van der Waals surface area contributed by atoms with Crippen LogP contribution in [-0.4, -0.2) is 21.9 Å². The Labute approximate surface area is 75.3 Å². The molecule has 0 aliphatic heterocycles. The third kappa shape index (κ3) is 2.24. The van der Waals surface area contributed by atoms with Crippen LogP contribution >= 0.6 is 12.8 Å². The van der Waals surface area contributed by atoms with Gasteiger partial charge in [-0.3, -0.25) is 4.79 Å². The molecule has 5 nitrogen and oxygen atoms in total. The number of amides is 1. The molecule has 0 fully saturated rings. The van der Waals surface area contributed by atoms with Crippen molar-refractivity contribution in [3.8, 4) is 0 Å². The Hall–Kier alpha value is -1.01. The second-order valence-corrected chi connectivity index (χ2v) is 2.57. The molecule has 0 saturated heterocycles. The molecule has 0 aliphatic carbocycles. The molecule has 1 amide bonds. The number of H-pyrrole nitrogens is 1. The molecule has 0 unspecified atom stereocenters. The molecule has 0 saturated carbocycles. The van der Waals surface area contributed by atoms with Crippen LogP contribution in [0.3, 0.4) is 0 Å². The first-order valence-electron chi connectivity index (χ1n) is 3.41. The van der Waals surface area contributed by atoms with Crippen molar-refractivity contribution in [1.82, 2.24) is 14.7 Å². The second kappa shape index (κ2) is 4.13. The van der Waals surface area contributed by atoms with Gasteiger partial charge in [0.25, 0.3) is 0 Å². The van der Waals surface area contributed by atoms with Gasteiger partial charge in [0, 0.05) is 12.6 Å². The molecule has 1 aromatic rings. The van der Waals surface area contributed by atoms with Crippen molar-refractivity contribution in [3.05, 3.63) is 18.2 Å². The van der Waals surface area contributed by atoms with Crippen molar-refractivity contribution < 1.29 is 4.79 Å². The molecule has 66 valence electrons. The highest BCUT2D eigenvalue weighted by Gasteiger charge is 2.12. The monoisotopic (exact) mass is 186 g/mol. The molecule has 0 spiro atoms. The van der Waals surface area contributed by atoms with Crippen molar-refractivity contribution in [2.45, 2.75) is 12.5 Å². The maximum Gasteiger partial charge on any atom is 0.246 e. The van der Waals surface area contributed by atoms with Gasteiger partial charge in [0.2, 0.25) is 5.91 Å². The molecule has 0 aliphatic rings. The van der Waals surface area contributed by atoms with Crippen LogP contribution in [0, 0.1) is 0 Å². The first-order valence-corrected chi connectivity index (χ1v) is 3.86. The van der Waals surface area contributed by atoms with Crippen molar-refractivity contribution in [2.24, 2.45) is 5.73 Å². The third-order valence-corrected chi connectivity index (χ3v) is 1.65. The van der Waals surface area contributed by atoms with Gasteiger partial charge in [-0.15, -0.1) is 0 Å². The molecule has 1 rings (SSSR count). The molecular weight excluding hydrogens is 176 g/mol. The molecule has 1 aromatic heterocycles. The van der Waals surface area contributed by atoms with Crippen LogP contribution in [-0.2, 0) is 11.2 Å². The standard InChI is InChI=1S/C6H10N4OS/c7-5(6(11)10-12)1-4-2-8-3-9-4/h2-3,5,12H,1,7H2,(H,8,9)(H,10,11)/t5-/m0/s1. The summed E-state index contributed by atoms with van der Waals surface area (Å²) >= 11 is 3.60. The fraction of sp³-hybridized carbons (Fsp3) is 0.333.